The van der Waals surface area contributed by atoms with Crippen LogP contribution < -0.4 is 5.32 Å². The lowest BCUT2D eigenvalue weighted by atomic mass is 10.1. The molecule has 0 bridgehead atoms. The molecule has 0 unspecified atom stereocenters. The molecule has 0 saturated heterocycles. The van der Waals surface area contributed by atoms with Gasteiger partial charge in [-0.15, -0.1) is 0 Å². The number of amides is 1. The van der Waals surface area contributed by atoms with Gasteiger partial charge < -0.3 is 20.6 Å². The standard InChI is InChI=1S/C36H63NO4/c1-3-5-7-9-11-13-15-16-18-19-21-23-25-28-33(39)29-27-31-36(41)37-34(32-38)35(40)30-26-24-22-20-17-14-12-10-8-6-4-2/h11,13,16,18,21,23,25-26,28,30,33-35,38-40H,3-10,12,14-15,17,19-20,22,24,27,29,31-32H2,1-2H3,(H,37,41)/b13-11-,18-16-,23-21-,28-25+,30-26+/t33-,34-,35+/m0/s1. The van der Waals surface area contributed by atoms with Gasteiger partial charge in [0.1, 0.15) is 0 Å². The Morgan fingerprint density at radius 2 is 1.22 bits per heavy atom. The zero-order valence-corrected chi connectivity index (χ0v) is 26.4. The maximum absolute atomic E-state index is 12.3. The number of unbranched alkanes of at least 4 members (excludes halogenated alkanes) is 12. The first-order valence-corrected chi connectivity index (χ1v) is 16.6. The maximum Gasteiger partial charge on any atom is 0.220 e. The van der Waals surface area contributed by atoms with Crippen LogP contribution in [0.15, 0.2) is 60.8 Å². The Labute approximate surface area is 252 Å². The zero-order valence-electron chi connectivity index (χ0n) is 26.4. The Bertz CT molecular complexity index is 725. The number of hydrogen-bond donors (Lipinski definition) is 4. The van der Waals surface area contributed by atoms with Crippen LogP contribution in [-0.2, 0) is 4.79 Å². The number of carbonyl (C=O) groups is 1. The van der Waals surface area contributed by atoms with Crippen molar-refractivity contribution in [1.82, 2.24) is 5.32 Å². The van der Waals surface area contributed by atoms with E-state index in [-0.39, 0.29) is 18.9 Å². The molecule has 0 aliphatic heterocycles. The van der Waals surface area contributed by atoms with Gasteiger partial charge in [-0.3, -0.25) is 4.79 Å². The summed E-state index contributed by atoms with van der Waals surface area (Å²) in [5.74, 6) is -0.228. The van der Waals surface area contributed by atoms with E-state index in [1.807, 2.05) is 24.3 Å². The topological polar surface area (TPSA) is 89.8 Å². The Balaban J connectivity index is 3.95. The molecule has 0 spiro atoms. The van der Waals surface area contributed by atoms with E-state index in [4.69, 9.17) is 0 Å². The second kappa shape index (κ2) is 31.0. The van der Waals surface area contributed by atoms with Gasteiger partial charge in [0.05, 0.1) is 24.9 Å². The summed E-state index contributed by atoms with van der Waals surface area (Å²) in [6, 6.07) is -0.715. The summed E-state index contributed by atoms with van der Waals surface area (Å²) in [5.41, 5.74) is 0. The quantitative estimate of drug-likeness (QED) is 0.0430. The van der Waals surface area contributed by atoms with Crippen molar-refractivity contribution >= 4 is 5.91 Å². The number of aliphatic hydroxyl groups excluding tert-OH is 3. The molecular formula is C36H63NO4. The van der Waals surface area contributed by atoms with Crippen LogP contribution in [0.4, 0.5) is 0 Å². The van der Waals surface area contributed by atoms with Crippen LogP contribution in [0.3, 0.4) is 0 Å². The van der Waals surface area contributed by atoms with Crippen molar-refractivity contribution in [2.45, 2.75) is 154 Å². The Kier molecular flexibility index (Phi) is 29.5. The summed E-state index contributed by atoms with van der Waals surface area (Å²) in [7, 11) is 0. The van der Waals surface area contributed by atoms with Crippen LogP contribution >= 0.6 is 0 Å². The Morgan fingerprint density at radius 3 is 1.90 bits per heavy atom. The van der Waals surface area contributed by atoms with Gasteiger partial charge in [-0.25, -0.2) is 0 Å². The normalized spacial score (nSPS) is 14.8. The molecule has 1 amide bonds. The molecule has 0 aliphatic carbocycles. The fraction of sp³-hybridized carbons (Fsp3) is 0.694. The molecule has 4 N–H and O–H groups in total. The number of hydrogen-bond acceptors (Lipinski definition) is 4. The highest BCUT2D eigenvalue weighted by atomic mass is 16.3. The Hall–Kier alpha value is -1.95. The number of aliphatic hydroxyl groups is 3. The van der Waals surface area contributed by atoms with Gasteiger partial charge in [0.2, 0.25) is 5.91 Å². The molecule has 0 rings (SSSR count). The molecule has 0 radical (unpaired) electrons. The van der Waals surface area contributed by atoms with E-state index in [0.29, 0.717) is 12.8 Å². The molecule has 0 fully saturated rings. The number of nitrogens with one attached hydrogen (secondary N) is 1. The maximum atomic E-state index is 12.3. The molecule has 3 atom stereocenters. The summed E-state index contributed by atoms with van der Waals surface area (Å²) >= 11 is 0. The smallest absolute Gasteiger partial charge is 0.220 e. The predicted octanol–water partition coefficient (Wildman–Crippen LogP) is 8.42. The van der Waals surface area contributed by atoms with Gasteiger partial charge >= 0.3 is 0 Å². The predicted molar refractivity (Wildman–Crippen MR) is 176 cm³/mol. The van der Waals surface area contributed by atoms with Crippen LogP contribution in [0, 0.1) is 0 Å². The lowest BCUT2D eigenvalue weighted by Gasteiger charge is -2.20. The van der Waals surface area contributed by atoms with Crippen molar-refractivity contribution in [1.29, 1.82) is 0 Å². The molecule has 0 aromatic rings. The minimum atomic E-state index is -0.912. The van der Waals surface area contributed by atoms with Crippen LogP contribution in [0.5, 0.6) is 0 Å². The van der Waals surface area contributed by atoms with E-state index in [1.165, 1.54) is 77.0 Å². The van der Waals surface area contributed by atoms with Crippen LogP contribution in [0.25, 0.3) is 0 Å². The van der Waals surface area contributed by atoms with E-state index >= 15 is 0 Å². The van der Waals surface area contributed by atoms with Gasteiger partial charge in [-0.05, 0) is 51.4 Å². The average Bonchev–Trinajstić information content (AvgIpc) is 2.96. The monoisotopic (exact) mass is 573 g/mol. The molecule has 5 heteroatoms. The van der Waals surface area contributed by atoms with E-state index in [2.05, 4.69) is 43.5 Å². The second-order valence-electron chi connectivity index (χ2n) is 11.1. The zero-order chi connectivity index (χ0) is 30.2. The van der Waals surface area contributed by atoms with Crippen LogP contribution in [0.2, 0.25) is 0 Å². The molecular weight excluding hydrogens is 510 g/mol. The third kappa shape index (κ3) is 28.0. The lowest BCUT2D eigenvalue weighted by molar-refractivity contribution is -0.123. The van der Waals surface area contributed by atoms with Crippen molar-refractivity contribution in [2.75, 3.05) is 6.61 Å². The van der Waals surface area contributed by atoms with Crippen molar-refractivity contribution < 1.29 is 20.1 Å². The first kappa shape index (κ1) is 39.0. The summed E-state index contributed by atoms with van der Waals surface area (Å²) in [6.45, 7) is 4.14. The summed E-state index contributed by atoms with van der Waals surface area (Å²) < 4.78 is 0. The van der Waals surface area contributed by atoms with Gasteiger partial charge in [-0.1, -0.05) is 139 Å². The molecule has 0 aromatic heterocycles. The van der Waals surface area contributed by atoms with Crippen molar-refractivity contribution in [2.24, 2.45) is 0 Å². The molecule has 5 nitrogen and oxygen atoms in total. The van der Waals surface area contributed by atoms with E-state index in [0.717, 1.165) is 25.7 Å². The number of rotatable bonds is 28. The van der Waals surface area contributed by atoms with Gasteiger partial charge in [0, 0.05) is 6.42 Å². The average molecular weight is 574 g/mol. The van der Waals surface area contributed by atoms with E-state index in [9.17, 15) is 20.1 Å². The molecule has 236 valence electrons. The molecule has 0 saturated carbocycles. The van der Waals surface area contributed by atoms with Gasteiger partial charge in [-0.2, -0.15) is 0 Å². The highest BCUT2D eigenvalue weighted by Crippen LogP contribution is 2.11. The number of allylic oxidation sites excluding steroid dienone is 8. The summed E-state index contributed by atoms with van der Waals surface area (Å²) in [4.78, 5) is 12.3. The fourth-order valence-electron chi connectivity index (χ4n) is 4.45. The van der Waals surface area contributed by atoms with Gasteiger partial charge in [0.15, 0.2) is 0 Å². The van der Waals surface area contributed by atoms with Crippen molar-refractivity contribution in [3.05, 3.63) is 60.8 Å². The summed E-state index contributed by atoms with van der Waals surface area (Å²) in [5, 5.41) is 32.8. The van der Waals surface area contributed by atoms with E-state index in [1.54, 1.807) is 12.2 Å². The third-order valence-electron chi connectivity index (χ3n) is 7.10. The largest absolute Gasteiger partial charge is 0.394 e. The summed E-state index contributed by atoms with van der Waals surface area (Å²) in [6.07, 6.45) is 38.9. The van der Waals surface area contributed by atoms with Gasteiger partial charge in [0.25, 0.3) is 0 Å². The van der Waals surface area contributed by atoms with Crippen molar-refractivity contribution in [3.63, 3.8) is 0 Å². The third-order valence-corrected chi connectivity index (χ3v) is 7.10. The Morgan fingerprint density at radius 1 is 0.659 bits per heavy atom. The lowest BCUT2D eigenvalue weighted by Crippen LogP contribution is -2.45. The van der Waals surface area contributed by atoms with Crippen LogP contribution in [-0.4, -0.2) is 46.1 Å². The highest BCUT2D eigenvalue weighted by molar-refractivity contribution is 5.76. The SMILES string of the molecule is CCCCC/C=C\C/C=C\C/C=C\C=C\[C@H](O)CCCC(=O)N[C@@H](CO)[C@H](O)/C=C/CCCCCCCCCCC. The molecule has 0 heterocycles. The minimum absolute atomic E-state index is 0.228. The van der Waals surface area contributed by atoms with Crippen LogP contribution in [0.1, 0.15) is 136 Å². The molecule has 0 aromatic carbocycles. The number of carbonyl (C=O) groups excluding carboxylic acids is 1. The first-order chi connectivity index (χ1) is 20.0. The highest BCUT2D eigenvalue weighted by Gasteiger charge is 2.18. The fourth-order valence-corrected chi connectivity index (χ4v) is 4.45. The van der Waals surface area contributed by atoms with E-state index < -0.39 is 18.2 Å². The molecule has 0 aliphatic rings. The van der Waals surface area contributed by atoms with Crippen molar-refractivity contribution in [3.8, 4) is 0 Å². The first-order valence-electron chi connectivity index (χ1n) is 16.6. The second-order valence-corrected chi connectivity index (χ2v) is 11.1. The molecule has 41 heavy (non-hydrogen) atoms. The minimum Gasteiger partial charge on any atom is -0.394 e.